The summed E-state index contributed by atoms with van der Waals surface area (Å²) in [7, 11) is -7.51. The van der Waals surface area contributed by atoms with Crippen molar-refractivity contribution < 1.29 is 21.6 Å². The minimum absolute atomic E-state index is 0.000869. The molecule has 4 N–H and O–H groups in total. The summed E-state index contributed by atoms with van der Waals surface area (Å²) in [5.41, 5.74) is 1.36. The molecule has 140 valence electrons. The van der Waals surface area contributed by atoms with E-state index in [4.69, 9.17) is 5.14 Å². The smallest absolute Gasteiger partial charge is 0.240 e. The number of benzene rings is 2. The highest BCUT2D eigenvalue weighted by Gasteiger charge is 2.14. The van der Waals surface area contributed by atoms with Crippen molar-refractivity contribution in [3.05, 3.63) is 59.7 Å². The second-order valence-corrected chi connectivity index (χ2v) is 8.90. The van der Waals surface area contributed by atoms with Crippen molar-refractivity contribution in [3.63, 3.8) is 0 Å². The Kier molecular flexibility index (Phi) is 6.13. The molecule has 0 aliphatic rings. The van der Waals surface area contributed by atoms with Gasteiger partial charge in [-0.05, 0) is 35.4 Å². The molecule has 0 atom stereocenters. The molecule has 0 bridgehead atoms. The van der Waals surface area contributed by atoms with Crippen molar-refractivity contribution in [3.8, 4) is 0 Å². The van der Waals surface area contributed by atoms with Gasteiger partial charge in [0.15, 0.2) is 0 Å². The highest BCUT2D eigenvalue weighted by atomic mass is 32.2. The number of rotatable bonds is 7. The molecule has 0 heterocycles. The van der Waals surface area contributed by atoms with E-state index in [0.717, 1.165) is 5.56 Å². The van der Waals surface area contributed by atoms with E-state index in [0.29, 0.717) is 12.1 Å². The summed E-state index contributed by atoms with van der Waals surface area (Å²) in [5.74, 6) is -0.170. The average molecular weight is 397 g/mol. The highest BCUT2D eigenvalue weighted by Crippen LogP contribution is 2.13. The molecule has 0 spiro atoms. The molecule has 0 aliphatic heterocycles. The van der Waals surface area contributed by atoms with Crippen LogP contribution in [0.5, 0.6) is 0 Å². The minimum atomic E-state index is -3.79. The van der Waals surface area contributed by atoms with E-state index in [1.54, 1.807) is 12.1 Å². The number of nitrogens with two attached hydrogens (primary N) is 1. The molecule has 2 aromatic carbocycles. The van der Waals surface area contributed by atoms with Gasteiger partial charge < -0.3 is 5.32 Å². The third-order valence-corrected chi connectivity index (χ3v) is 5.84. The Balaban J connectivity index is 2.03. The first-order valence-corrected chi connectivity index (χ1v) is 10.6. The van der Waals surface area contributed by atoms with Crippen LogP contribution in [0.2, 0.25) is 0 Å². The van der Waals surface area contributed by atoms with E-state index >= 15 is 0 Å². The van der Waals surface area contributed by atoms with Crippen molar-refractivity contribution in [1.29, 1.82) is 0 Å². The Bertz CT molecular complexity index is 983. The molecule has 1 amide bonds. The summed E-state index contributed by atoms with van der Waals surface area (Å²) in [6.45, 7) is 1.72. The van der Waals surface area contributed by atoms with Crippen LogP contribution in [0, 0.1) is 0 Å². The summed E-state index contributed by atoms with van der Waals surface area (Å²) < 4.78 is 49.5. The van der Waals surface area contributed by atoms with Crippen molar-refractivity contribution >= 4 is 26.0 Å². The number of nitrogens with one attached hydrogen (secondary N) is 2. The summed E-state index contributed by atoms with van der Waals surface area (Å²) >= 11 is 0. The van der Waals surface area contributed by atoms with E-state index in [1.807, 2.05) is 0 Å². The normalized spacial score (nSPS) is 11.9. The Hall–Kier alpha value is -2.27. The van der Waals surface area contributed by atoms with E-state index in [9.17, 15) is 21.6 Å². The Morgan fingerprint density at radius 2 is 1.31 bits per heavy atom. The number of hydrogen-bond acceptors (Lipinski definition) is 5. The average Bonchev–Trinajstić information content (AvgIpc) is 2.58. The number of primary sulfonamides is 1. The number of carbonyl (C=O) groups excluding carboxylic acids is 1. The fourth-order valence-electron chi connectivity index (χ4n) is 2.07. The number of sulfonamides is 2. The topological polar surface area (TPSA) is 135 Å². The lowest BCUT2D eigenvalue weighted by atomic mass is 10.2. The van der Waals surface area contributed by atoms with Crippen molar-refractivity contribution in [2.45, 2.75) is 29.8 Å². The van der Waals surface area contributed by atoms with Crippen LogP contribution < -0.4 is 15.2 Å². The first-order chi connectivity index (χ1) is 12.1. The summed E-state index contributed by atoms with van der Waals surface area (Å²) in [6.07, 6.45) is 0. The molecule has 0 saturated carbocycles. The summed E-state index contributed by atoms with van der Waals surface area (Å²) in [6, 6.07) is 11.7. The molecule has 0 saturated heterocycles. The van der Waals surface area contributed by atoms with Gasteiger partial charge in [-0.2, -0.15) is 0 Å². The number of amides is 1. The first-order valence-electron chi connectivity index (χ1n) is 7.53. The van der Waals surface area contributed by atoms with Gasteiger partial charge in [0, 0.05) is 20.0 Å². The Labute approximate surface area is 152 Å². The van der Waals surface area contributed by atoms with Gasteiger partial charge in [0.05, 0.1) is 9.79 Å². The maximum absolute atomic E-state index is 12.3. The first kappa shape index (κ1) is 20.0. The third-order valence-electron chi connectivity index (χ3n) is 3.49. The quantitative estimate of drug-likeness (QED) is 0.623. The zero-order chi connectivity index (χ0) is 19.4. The fourth-order valence-corrected chi connectivity index (χ4v) is 3.60. The lowest BCUT2D eigenvalue weighted by molar-refractivity contribution is -0.119. The van der Waals surface area contributed by atoms with Crippen LogP contribution in [0.3, 0.4) is 0 Å². The monoisotopic (exact) mass is 397 g/mol. The lowest BCUT2D eigenvalue weighted by Crippen LogP contribution is -2.23. The van der Waals surface area contributed by atoms with Gasteiger partial charge in [0.25, 0.3) is 0 Å². The second kappa shape index (κ2) is 7.96. The van der Waals surface area contributed by atoms with E-state index < -0.39 is 20.0 Å². The molecular weight excluding hydrogens is 378 g/mol. The molecule has 10 heteroatoms. The largest absolute Gasteiger partial charge is 0.352 e. The summed E-state index contributed by atoms with van der Waals surface area (Å²) in [4.78, 5) is 10.9. The van der Waals surface area contributed by atoms with Crippen molar-refractivity contribution in [1.82, 2.24) is 10.0 Å². The van der Waals surface area contributed by atoms with Crippen LogP contribution in [0.15, 0.2) is 58.3 Å². The van der Waals surface area contributed by atoms with Gasteiger partial charge >= 0.3 is 0 Å². The Morgan fingerprint density at radius 1 is 0.846 bits per heavy atom. The maximum atomic E-state index is 12.3. The van der Waals surface area contributed by atoms with Crippen LogP contribution in [0.4, 0.5) is 0 Å². The molecule has 0 unspecified atom stereocenters. The summed E-state index contributed by atoms with van der Waals surface area (Å²) in [5, 5.41) is 7.64. The molecule has 8 nitrogen and oxygen atoms in total. The SMILES string of the molecule is CC(=O)NCc1ccc(S(=O)(=O)NCc2ccc(S(N)(=O)=O)cc2)cc1. The van der Waals surface area contributed by atoms with E-state index in [1.165, 1.54) is 43.3 Å². The molecular formula is C16H19N3O5S2. The van der Waals surface area contributed by atoms with Gasteiger partial charge in [-0.3, -0.25) is 4.79 Å². The highest BCUT2D eigenvalue weighted by molar-refractivity contribution is 7.89. The van der Waals surface area contributed by atoms with E-state index in [-0.39, 0.29) is 22.2 Å². The molecule has 0 radical (unpaired) electrons. The van der Waals surface area contributed by atoms with Crippen LogP contribution >= 0.6 is 0 Å². The molecule has 0 aromatic heterocycles. The lowest BCUT2D eigenvalue weighted by Gasteiger charge is -2.09. The minimum Gasteiger partial charge on any atom is -0.352 e. The van der Waals surface area contributed by atoms with Gasteiger partial charge in [-0.25, -0.2) is 26.7 Å². The van der Waals surface area contributed by atoms with Crippen molar-refractivity contribution in [2.75, 3.05) is 0 Å². The third kappa shape index (κ3) is 5.63. The zero-order valence-corrected chi connectivity index (χ0v) is 15.6. The van der Waals surface area contributed by atoms with Crippen LogP contribution in [0.25, 0.3) is 0 Å². The molecule has 0 aliphatic carbocycles. The predicted octanol–water partition coefficient (Wildman–Crippen LogP) is 0.449. The van der Waals surface area contributed by atoms with Crippen molar-refractivity contribution in [2.24, 2.45) is 5.14 Å². The van der Waals surface area contributed by atoms with Crippen LogP contribution in [-0.2, 0) is 37.9 Å². The standard InChI is InChI=1S/C16H19N3O5S2/c1-12(20)18-10-13-4-8-16(9-5-13)26(23,24)19-11-14-2-6-15(7-3-14)25(17,21)22/h2-9,19H,10-11H2,1H3,(H,18,20)(H2,17,21,22). The molecule has 2 aromatic rings. The van der Waals surface area contributed by atoms with Gasteiger partial charge in [-0.1, -0.05) is 24.3 Å². The van der Waals surface area contributed by atoms with Gasteiger partial charge in [-0.15, -0.1) is 0 Å². The number of hydrogen-bond donors (Lipinski definition) is 3. The molecule has 0 fully saturated rings. The number of carbonyl (C=O) groups is 1. The van der Waals surface area contributed by atoms with Crippen LogP contribution in [-0.4, -0.2) is 22.7 Å². The fraction of sp³-hybridized carbons (Fsp3) is 0.188. The molecule has 26 heavy (non-hydrogen) atoms. The zero-order valence-electron chi connectivity index (χ0n) is 14.0. The van der Waals surface area contributed by atoms with E-state index in [2.05, 4.69) is 10.0 Å². The molecule has 2 rings (SSSR count). The van der Waals surface area contributed by atoms with Crippen LogP contribution in [0.1, 0.15) is 18.1 Å². The van der Waals surface area contributed by atoms with Gasteiger partial charge in [0.1, 0.15) is 0 Å². The van der Waals surface area contributed by atoms with Gasteiger partial charge in [0.2, 0.25) is 26.0 Å². The second-order valence-electron chi connectivity index (χ2n) is 5.57. The predicted molar refractivity (Wildman–Crippen MR) is 95.8 cm³/mol. The maximum Gasteiger partial charge on any atom is 0.240 e. The Morgan fingerprint density at radius 3 is 1.77 bits per heavy atom.